The van der Waals surface area contributed by atoms with Crippen LogP contribution in [0.3, 0.4) is 0 Å². The van der Waals surface area contributed by atoms with Crippen molar-refractivity contribution < 1.29 is 28.3 Å². The van der Waals surface area contributed by atoms with Gasteiger partial charge in [0.15, 0.2) is 5.82 Å². The van der Waals surface area contributed by atoms with Crippen molar-refractivity contribution in [3.63, 3.8) is 0 Å². The summed E-state index contributed by atoms with van der Waals surface area (Å²) in [5, 5.41) is 2.27. The zero-order valence-electron chi connectivity index (χ0n) is 22.8. The fourth-order valence-corrected chi connectivity index (χ4v) is 5.68. The quantitative estimate of drug-likeness (QED) is 0.461. The lowest BCUT2D eigenvalue weighted by Gasteiger charge is -2.38. The molecule has 0 radical (unpaired) electrons. The SMILES string of the molecule is CC(C)(C)OC(=O)N1CCC=C(CN2CCN(c3ccc4c(c3F)CN(C3CCC(=O)NC3=O)C4=O)CC2)C1. The molecule has 4 aliphatic rings. The summed E-state index contributed by atoms with van der Waals surface area (Å²) < 4.78 is 21.2. The van der Waals surface area contributed by atoms with E-state index in [4.69, 9.17) is 4.74 Å². The summed E-state index contributed by atoms with van der Waals surface area (Å²) in [5.74, 6) is -1.66. The molecule has 10 nitrogen and oxygen atoms in total. The smallest absolute Gasteiger partial charge is 0.410 e. The highest BCUT2D eigenvalue weighted by Gasteiger charge is 2.41. The van der Waals surface area contributed by atoms with E-state index in [0.29, 0.717) is 37.4 Å². The lowest BCUT2D eigenvalue weighted by Crippen LogP contribution is -2.52. The zero-order chi connectivity index (χ0) is 27.9. The summed E-state index contributed by atoms with van der Waals surface area (Å²) >= 11 is 0. The standard InChI is InChI=1S/C28H36FN5O5/c1-28(2,3)39-27(38)33-10-4-5-18(16-33)15-31-11-13-32(14-12-31)21-7-6-19-20(24(21)29)17-34(26(19)37)22-8-9-23(35)30-25(22)36/h5-7,22H,4,8-17H2,1-3H3,(H,30,35,36). The first-order valence-electron chi connectivity index (χ1n) is 13.6. The Kier molecular flexibility index (Phi) is 7.37. The molecule has 4 amide bonds. The van der Waals surface area contributed by atoms with Crippen LogP contribution in [0, 0.1) is 5.82 Å². The molecule has 2 saturated heterocycles. The number of piperidine rings is 1. The zero-order valence-corrected chi connectivity index (χ0v) is 22.8. The number of anilines is 1. The summed E-state index contributed by atoms with van der Waals surface area (Å²) in [7, 11) is 0. The number of carbonyl (C=O) groups excluding carboxylic acids is 4. The number of piperazine rings is 1. The van der Waals surface area contributed by atoms with Crippen LogP contribution in [0.5, 0.6) is 0 Å². The van der Waals surface area contributed by atoms with Crippen LogP contribution >= 0.6 is 0 Å². The molecule has 39 heavy (non-hydrogen) atoms. The van der Waals surface area contributed by atoms with E-state index in [1.54, 1.807) is 17.0 Å². The van der Waals surface area contributed by atoms with Crippen LogP contribution in [-0.4, -0.2) is 96.0 Å². The van der Waals surface area contributed by atoms with E-state index in [-0.39, 0.29) is 42.9 Å². The third-order valence-electron chi connectivity index (χ3n) is 7.65. The fourth-order valence-electron chi connectivity index (χ4n) is 5.68. The monoisotopic (exact) mass is 541 g/mol. The number of nitrogens with zero attached hydrogens (tertiary/aromatic N) is 4. The number of nitrogens with one attached hydrogen (secondary N) is 1. The molecule has 0 bridgehead atoms. The fraction of sp³-hybridized carbons (Fsp3) is 0.571. The second-order valence-corrected chi connectivity index (χ2v) is 11.6. The Balaban J connectivity index is 1.18. The Hall–Kier alpha value is -3.47. The lowest BCUT2D eigenvalue weighted by atomic mass is 10.0. The number of hydrogen-bond donors (Lipinski definition) is 1. The van der Waals surface area contributed by atoms with Crippen molar-refractivity contribution in [3.05, 3.63) is 40.7 Å². The summed E-state index contributed by atoms with van der Waals surface area (Å²) in [6.45, 7) is 10.3. The minimum Gasteiger partial charge on any atom is -0.444 e. The first kappa shape index (κ1) is 27.1. The molecule has 1 aromatic rings. The lowest BCUT2D eigenvalue weighted by molar-refractivity contribution is -0.136. The van der Waals surface area contributed by atoms with E-state index in [0.717, 1.165) is 26.1 Å². The van der Waals surface area contributed by atoms with Gasteiger partial charge in [0.1, 0.15) is 11.6 Å². The summed E-state index contributed by atoms with van der Waals surface area (Å²) in [5.41, 5.74) is 1.69. The maximum Gasteiger partial charge on any atom is 0.410 e. The van der Waals surface area contributed by atoms with Crippen molar-refractivity contribution in [3.8, 4) is 0 Å². The topological polar surface area (TPSA) is 102 Å². The van der Waals surface area contributed by atoms with Gasteiger partial charge in [-0.2, -0.15) is 0 Å². The van der Waals surface area contributed by atoms with E-state index in [9.17, 15) is 19.2 Å². The molecule has 5 rings (SSSR count). The Labute approximate surface area is 227 Å². The minimum atomic E-state index is -0.769. The summed E-state index contributed by atoms with van der Waals surface area (Å²) in [6.07, 6.45) is 3.10. The molecule has 0 spiro atoms. The third kappa shape index (κ3) is 5.78. The van der Waals surface area contributed by atoms with Crippen LogP contribution in [-0.2, 0) is 20.9 Å². The number of imide groups is 1. The predicted molar refractivity (Wildman–Crippen MR) is 142 cm³/mol. The van der Waals surface area contributed by atoms with Gasteiger partial charge < -0.3 is 19.4 Å². The van der Waals surface area contributed by atoms with Gasteiger partial charge in [0.2, 0.25) is 11.8 Å². The number of halogens is 1. The Morgan fingerprint density at radius 2 is 1.82 bits per heavy atom. The van der Waals surface area contributed by atoms with Gasteiger partial charge in [0, 0.05) is 63.4 Å². The predicted octanol–water partition coefficient (Wildman–Crippen LogP) is 2.28. The molecular formula is C28H36FN5O5. The average Bonchev–Trinajstić information content (AvgIpc) is 3.21. The normalized spacial score (nSPS) is 22.6. The number of benzene rings is 1. The number of rotatable bonds is 4. The molecule has 0 saturated carbocycles. The molecule has 4 aliphatic heterocycles. The van der Waals surface area contributed by atoms with Gasteiger partial charge in [-0.25, -0.2) is 9.18 Å². The molecule has 4 heterocycles. The Morgan fingerprint density at radius 3 is 2.51 bits per heavy atom. The van der Waals surface area contributed by atoms with Crippen LogP contribution in [0.25, 0.3) is 0 Å². The molecule has 0 aromatic heterocycles. The molecule has 1 aromatic carbocycles. The van der Waals surface area contributed by atoms with Crippen LogP contribution in [0.1, 0.15) is 56.0 Å². The van der Waals surface area contributed by atoms with E-state index in [1.807, 2.05) is 25.7 Å². The number of amides is 4. The molecule has 1 atom stereocenters. The summed E-state index contributed by atoms with van der Waals surface area (Å²) in [4.78, 5) is 56.7. The number of carbonyl (C=O) groups is 4. The van der Waals surface area contributed by atoms with Gasteiger partial charge in [-0.15, -0.1) is 0 Å². The average molecular weight is 542 g/mol. The third-order valence-corrected chi connectivity index (χ3v) is 7.65. The largest absolute Gasteiger partial charge is 0.444 e. The van der Waals surface area contributed by atoms with Crippen molar-refractivity contribution in [2.45, 2.75) is 58.2 Å². The van der Waals surface area contributed by atoms with Crippen LogP contribution in [0.4, 0.5) is 14.9 Å². The van der Waals surface area contributed by atoms with Gasteiger partial charge in [-0.3, -0.25) is 24.6 Å². The number of ether oxygens (including phenoxy) is 1. The molecule has 1 N–H and O–H groups in total. The second-order valence-electron chi connectivity index (χ2n) is 11.6. The highest BCUT2D eigenvalue weighted by Crippen LogP contribution is 2.34. The van der Waals surface area contributed by atoms with Crippen molar-refractivity contribution >= 4 is 29.5 Å². The van der Waals surface area contributed by atoms with E-state index in [1.165, 1.54) is 10.5 Å². The first-order chi connectivity index (χ1) is 18.5. The Morgan fingerprint density at radius 1 is 1.08 bits per heavy atom. The number of hydrogen-bond acceptors (Lipinski definition) is 7. The Bertz CT molecular complexity index is 1220. The van der Waals surface area contributed by atoms with Crippen molar-refractivity contribution in [2.75, 3.05) is 50.7 Å². The van der Waals surface area contributed by atoms with Crippen molar-refractivity contribution in [1.29, 1.82) is 0 Å². The minimum absolute atomic E-state index is 0.0163. The van der Waals surface area contributed by atoms with Crippen molar-refractivity contribution in [1.82, 2.24) is 20.0 Å². The van der Waals surface area contributed by atoms with Gasteiger partial charge in [0.05, 0.1) is 12.2 Å². The van der Waals surface area contributed by atoms with E-state index in [2.05, 4.69) is 16.3 Å². The highest BCUT2D eigenvalue weighted by atomic mass is 19.1. The van der Waals surface area contributed by atoms with Crippen molar-refractivity contribution in [2.24, 2.45) is 0 Å². The molecule has 1 unspecified atom stereocenters. The number of fused-ring (bicyclic) bond motifs is 1. The maximum absolute atomic E-state index is 15.7. The second kappa shape index (κ2) is 10.6. The first-order valence-corrected chi connectivity index (χ1v) is 13.6. The van der Waals surface area contributed by atoms with Gasteiger partial charge >= 0.3 is 6.09 Å². The van der Waals surface area contributed by atoms with E-state index >= 15 is 4.39 Å². The molecule has 2 fully saturated rings. The maximum atomic E-state index is 15.7. The molecule has 11 heteroatoms. The van der Waals surface area contributed by atoms with E-state index < -0.39 is 23.4 Å². The molecule has 0 aliphatic carbocycles. The van der Waals surface area contributed by atoms with Crippen LogP contribution in [0.15, 0.2) is 23.8 Å². The summed E-state index contributed by atoms with van der Waals surface area (Å²) in [6, 6.07) is 2.53. The van der Waals surface area contributed by atoms with Crippen LogP contribution in [0.2, 0.25) is 0 Å². The molecular weight excluding hydrogens is 505 g/mol. The van der Waals surface area contributed by atoms with Gasteiger partial charge in [0.25, 0.3) is 5.91 Å². The highest BCUT2D eigenvalue weighted by molar-refractivity contribution is 6.05. The van der Waals surface area contributed by atoms with Crippen LogP contribution < -0.4 is 10.2 Å². The van der Waals surface area contributed by atoms with Gasteiger partial charge in [-0.05, 0) is 51.3 Å². The van der Waals surface area contributed by atoms with Gasteiger partial charge in [-0.1, -0.05) is 6.08 Å². The molecule has 210 valence electrons.